The first-order valence-electron chi connectivity index (χ1n) is 6.22. The summed E-state index contributed by atoms with van der Waals surface area (Å²) in [6.07, 6.45) is 3.52. The second-order valence-electron chi connectivity index (χ2n) is 4.43. The van der Waals surface area contributed by atoms with Gasteiger partial charge in [-0.15, -0.1) is 0 Å². The Hall–Kier alpha value is -2.81. The van der Waals surface area contributed by atoms with Crippen LogP contribution in [0.3, 0.4) is 0 Å². The predicted octanol–water partition coefficient (Wildman–Crippen LogP) is 1.73. The van der Waals surface area contributed by atoms with Gasteiger partial charge in [0.2, 0.25) is 0 Å². The van der Waals surface area contributed by atoms with Crippen LogP contribution in [0.5, 0.6) is 0 Å². The molecular formula is C14H12N4O2. The average molecular weight is 268 g/mol. The molecule has 0 aliphatic rings. The van der Waals surface area contributed by atoms with Crippen molar-refractivity contribution in [2.45, 2.75) is 13.3 Å². The lowest BCUT2D eigenvalue weighted by Gasteiger charge is -2.13. The number of hydrogen-bond donors (Lipinski definition) is 0. The molecule has 0 aliphatic heterocycles. The maximum atomic E-state index is 12.5. The zero-order chi connectivity index (χ0) is 14.3. The Kier molecular flexibility index (Phi) is 2.68. The van der Waals surface area contributed by atoms with E-state index < -0.39 is 0 Å². The maximum absolute atomic E-state index is 12.5. The van der Waals surface area contributed by atoms with E-state index in [9.17, 15) is 4.79 Å². The van der Waals surface area contributed by atoms with Gasteiger partial charge in [0.25, 0.3) is 5.56 Å². The Morgan fingerprint density at radius 3 is 2.90 bits per heavy atom. The lowest BCUT2D eigenvalue weighted by Crippen LogP contribution is -2.24. The Morgan fingerprint density at radius 2 is 2.30 bits per heavy atom. The summed E-state index contributed by atoms with van der Waals surface area (Å²) in [5.41, 5.74) is 1.92. The first-order chi connectivity index (χ1) is 9.69. The van der Waals surface area contributed by atoms with Crippen molar-refractivity contribution in [3.63, 3.8) is 0 Å². The molecule has 0 aliphatic carbocycles. The smallest absolute Gasteiger partial charge is 0.278 e. The van der Waals surface area contributed by atoms with Gasteiger partial charge in [-0.25, -0.2) is 0 Å². The Bertz CT molecular complexity index is 879. The van der Waals surface area contributed by atoms with Crippen LogP contribution in [0.1, 0.15) is 18.1 Å². The number of aromatic nitrogens is 3. The number of nitriles is 1. The minimum absolute atomic E-state index is 0.214. The first kappa shape index (κ1) is 12.2. The van der Waals surface area contributed by atoms with Gasteiger partial charge in [-0.3, -0.25) is 4.79 Å². The highest BCUT2D eigenvalue weighted by Crippen LogP contribution is 2.24. The molecule has 20 heavy (non-hydrogen) atoms. The first-order valence-corrected chi connectivity index (χ1v) is 6.22. The summed E-state index contributed by atoms with van der Waals surface area (Å²) in [4.78, 5) is 12.5. The number of aryl methyl sites for hydroxylation is 1. The van der Waals surface area contributed by atoms with Crippen molar-refractivity contribution >= 4 is 5.65 Å². The highest BCUT2D eigenvalue weighted by Gasteiger charge is 2.20. The van der Waals surface area contributed by atoms with E-state index in [2.05, 4.69) is 11.2 Å². The van der Waals surface area contributed by atoms with Crippen molar-refractivity contribution in [2.75, 3.05) is 0 Å². The zero-order valence-corrected chi connectivity index (χ0v) is 11.1. The minimum Gasteiger partial charge on any atom is -0.463 e. The van der Waals surface area contributed by atoms with Crippen molar-refractivity contribution in [3.05, 3.63) is 46.1 Å². The minimum atomic E-state index is -0.214. The molecule has 6 nitrogen and oxygen atoms in total. The summed E-state index contributed by atoms with van der Waals surface area (Å²) in [6, 6.07) is 5.62. The number of rotatable bonds is 2. The Labute approximate surface area is 114 Å². The van der Waals surface area contributed by atoms with Crippen LogP contribution in [-0.2, 0) is 13.5 Å². The summed E-state index contributed by atoms with van der Waals surface area (Å²) in [7, 11) is 1.80. The molecule has 0 N–H and O–H groups in total. The van der Waals surface area contributed by atoms with E-state index >= 15 is 0 Å². The van der Waals surface area contributed by atoms with Gasteiger partial charge in [0.05, 0.1) is 18.2 Å². The lowest BCUT2D eigenvalue weighted by atomic mass is 10.1. The highest BCUT2D eigenvalue weighted by atomic mass is 16.3. The van der Waals surface area contributed by atoms with Crippen LogP contribution in [-0.4, -0.2) is 14.2 Å². The molecule has 3 aromatic rings. The van der Waals surface area contributed by atoms with Crippen LogP contribution in [0.2, 0.25) is 0 Å². The van der Waals surface area contributed by atoms with E-state index in [0.717, 1.165) is 0 Å². The predicted molar refractivity (Wildman–Crippen MR) is 72.2 cm³/mol. The molecule has 0 spiro atoms. The summed E-state index contributed by atoms with van der Waals surface area (Å²) in [6.45, 7) is 1.91. The molecule has 3 heterocycles. The standard InChI is InChI=1S/C14H12N4O2/c1-3-10-12(11-5-4-6-20-11)17(2)13-9(7-15)8-16-18(13)14(10)19/h4-6,8H,3H2,1-2H3. The molecule has 0 amide bonds. The quantitative estimate of drug-likeness (QED) is 0.709. The van der Waals surface area contributed by atoms with Crippen LogP contribution in [0.4, 0.5) is 0 Å². The summed E-state index contributed by atoms with van der Waals surface area (Å²) >= 11 is 0. The molecule has 100 valence electrons. The molecule has 0 saturated heterocycles. The van der Waals surface area contributed by atoms with Crippen molar-refractivity contribution in [1.29, 1.82) is 5.26 Å². The second kappa shape index (κ2) is 4.38. The fraction of sp³-hybridized carbons (Fsp3) is 0.214. The molecule has 0 aromatic carbocycles. The lowest BCUT2D eigenvalue weighted by molar-refractivity contribution is 0.574. The fourth-order valence-electron chi connectivity index (χ4n) is 2.48. The molecule has 3 rings (SSSR count). The van der Waals surface area contributed by atoms with E-state index in [1.54, 1.807) is 30.0 Å². The second-order valence-corrected chi connectivity index (χ2v) is 4.43. The van der Waals surface area contributed by atoms with E-state index in [-0.39, 0.29) is 5.56 Å². The van der Waals surface area contributed by atoms with E-state index in [1.807, 2.05) is 6.92 Å². The van der Waals surface area contributed by atoms with Crippen LogP contribution < -0.4 is 5.56 Å². The number of fused-ring (bicyclic) bond motifs is 1. The molecule has 0 bridgehead atoms. The van der Waals surface area contributed by atoms with Gasteiger partial charge in [-0.1, -0.05) is 6.92 Å². The largest absolute Gasteiger partial charge is 0.463 e. The third-order valence-electron chi connectivity index (χ3n) is 3.36. The number of hydrogen-bond acceptors (Lipinski definition) is 4. The Balaban J connectivity index is 2.54. The van der Waals surface area contributed by atoms with Crippen LogP contribution >= 0.6 is 0 Å². The van der Waals surface area contributed by atoms with Crippen LogP contribution in [0.15, 0.2) is 33.8 Å². The van der Waals surface area contributed by atoms with Gasteiger partial charge in [0.15, 0.2) is 11.4 Å². The van der Waals surface area contributed by atoms with Gasteiger partial charge in [-0.2, -0.15) is 14.9 Å². The maximum Gasteiger partial charge on any atom is 0.278 e. The summed E-state index contributed by atoms with van der Waals surface area (Å²) < 4.78 is 8.47. The summed E-state index contributed by atoms with van der Waals surface area (Å²) in [5.74, 6) is 0.606. The molecule has 3 aromatic heterocycles. The molecular weight excluding hydrogens is 256 g/mol. The zero-order valence-electron chi connectivity index (χ0n) is 11.1. The fourth-order valence-corrected chi connectivity index (χ4v) is 2.48. The van der Waals surface area contributed by atoms with Crippen LogP contribution in [0, 0.1) is 11.3 Å². The third kappa shape index (κ3) is 1.50. The van der Waals surface area contributed by atoms with Gasteiger partial charge in [0, 0.05) is 12.6 Å². The molecule has 0 radical (unpaired) electrons. The highest BCUT2D eigenvalue weighted by molar-refractivity contribution is 5.65. The summed E-state index contributed by atoms with van der Waals surface area (Å²) in [5, 5.41) is 13.2. The molecule has 0 atom stereocenters. The van der Waals surface area contributed by atoms with E-state index in [0.29, 0.717) is 34.6 Å². The number of furan rings is 1. The molecule has 0 unspecified atom stereocenters. The van der Waals surface area contributed by atoms with Crippen molar-refractivity contribution in [2.24, 2.45) is 7.05 Å². The van der Waals surface area contributed by atoms with Crippen molar-refractivity contribution in [3.8, 4) is 17.5 Å². The Morgan fingerprint density at radius 1 is 1.50 bits per heavy atom. The number of nitrogens with zero attached hydrogens (tertiary/aromatic N) is 4. The van der Waals surface area contributed by atoms with Gasteiger partial charge < -0.3 is 8.98 Å². The van der Waals surface area contributed by atoms with Gasteiger partial charge in [0.1, 0.15) is 11.6 Å². The van der Waals surface area contributed by atoms with Gasteiger partial charge in [-0.05, 0) is 18.6 Å². The van der Waals surface area contributed by atoms with Crippen LogP contribution in [0.25, 0.3) is 17.1 Å². The SMILES string of the molecule is CCc1c(-c2ccco2)n(C)c2c(C#N)cnn2c1=O. The van der Waals surface area contributed by atoms with E-state index in [4.69, 9.17) is 9.68 Å². The molecule has 0 saturated carbocycles. The van der Waals surface area contributed by atoms with Crippen molar-refractivity contribution < 1.29 is 4.42 Å². The molecule has 6 heteroatoms. The third-order valence-corrected chi connectivity index (χ3v) is 3.36. The van der Waals surface area contributed by atoms with Gasteiger partial charge >= 0.3 is 0 Å². The normalized spacial score (nSPS) is 10.8. The average Bonchev–Trinajstić information content (AvgIpc) is 3.10. The molecule has 0 fully saturated rings. The monoisotopic (exact) mass is 268 g/mol. The van der Waals surface area contributed by atoms with Crippen molar-refractivity contribution in [1.82, 2.24) is 14.2 Å². The van der Waals surface area contributed by atoms with E-state index in [1.165, 1.54) is 10.7 Å². The topological polar surface area (TPSA) is 76.2 Å².